The number of carbonyl (C=O) groups excluding carboxylic acids is 1. The molecule has 6 heteroatoms. The van der Waals surface area contributed by atoms with E-state index in [-0.39, 0.29) is 17.1 Å². The molecule has 2 aliphatic heterocycles. The minimum atomic E-state index is -0.197. The Kier molecular flexibility index (Phi) is 5.15. The summed E-state index contributed by atoms with van der Waals surface area (Å²) < 4.78 is 24.9. The molecule has 2 aromatic rings. The van der Waals surface area contributed by atoms with E-state index >= 15 is 0 Å². The molecule has 3 heterocycles. The van der Waals surface area contributed by atoms with Crippen molar-refractivity contribution < 1.29 is 18.3 Å². The summed E-state index contributed by atoms with van der Waals surface area (Å²) in [6, 6.07) is 6.72. The average molecular weight is 386 g/mol. The van der Waals surface area contributed by atoms with Gasteiger partial charge in [0.15, 0.2) is 5.76 Å². The minimum Gasteiger partial charge on any atom is -0.497 e. The summed E-state index contributed by atoms with van der Waals surface area (Å²) in [5.41, 5.74) is 1.63. The quantitative estimate of drug-likeness (QED) is 0.800. The lowest BCUT2D eigenvalue weighted by molar-refractivity contribution is 0.0648. The molecule has 0 aliphatic carbocycles. The number of halogens is 1. The van der Waals surface area contributed by atoms with E-state index in [1.807, 2.05) is 17.9 Å². The highest BCUT2D eigenvalue weighted by atomic mass is 19.1. The summed E-state index contributed by atoms with van der Waals surface area (Å²) in [5, 5.41) is 0. The minimum absolute atomic E-state index is 0.0182. The Morgan fingerprint density at radius 2 is 2.11 bits per heavy atom. The zero-order chi connectivity index (χ0) is 19.7. The van der Waals surface area contributed by atoms with Gasteiger partial charge in [-0.05, 0) is 57.0 Å². The molecule has 1 spiro atoms. The predicted molar refractivity (Wildman–Crippen MR) is 104 cm³/mol. The van der Waals surface area contributed by atoms with E-state index in [0.717, 1.165) is 51.0 Å². The molecule has 5 nitrogen and oxygen atoms in total. The highest BCUT2D eigenvalue weighted by Gasteiger charge is 2.43. The first kappa shape index (κ1) is 19.0. The van der Waals surface area contributed by atoms with Crippen molar-refractivity contribution in [2.45, 2.75) is 32.7 Å². The van der Waals surface area contributed by atoms with Crippen LogP contribution in [0.1, 0.15) is 40.9 Å². The van der Waals surface area contributed by atoms with Gasteiger partial charge in [-0.15, -0.1) is 0 Å². The van der Waals surface area contributed by atoms with Crippen molar-refractivity contribution in [3.8, 4) is 5.75 Å². The van der Waals surface area contributed by atoms with E-state index < -0.39 is 0 Å². The maximum absolute atomic E-state index is 14.2. The fraction of sp³-hybridized carbons (Fsp3) is 0.500. The summed E-state index contributed by atoms with van der Waals surface area (Å²) in [6.07, 6.45) is 4.72. The number of ether oxygens (including phenoxy) is 1. The third-order valence-corrected chi connectivity index (χ3v) is 6.17. The lowest BCUT2D eigenvalue weighted by Gasteiger charge is -2.40. The number of piperidine rings is 1. The summed E-state index contributed by atoms with van der Waals surface area (Å²) in [5.74, 6) is 0.907. The zero-order valence-electron chi connectivity index (χ0n) is 16.5. The summed E-state index contributed by atoms with van der Waals surface area (Å²) in [7, 11) is 1.60. The van der Waals surface area contributed by atoms with Crippen LogP contribution in [0.4, 0.5) is 4.39 Å². The van der Waals surface area contributed by atoms with Crippen LogP contribution in [-0.4, -0.2) is 49.0 Å². The topological polar surface area (TPSA) is 45.9 Å². The van der Waals surface area contributed by atoms with Crippen LogP contribution >= 0.6 is 0 Å². The van der Waals surface area contributed by atoms with Crippen molar-refractivity contribution in [3.05, 3.63) is 53.2 Å². The number of hydrogen-bond acceptors (Lipinski definition) is 4. The van der Waals surface area contributed by atoms with Crippen LogP contribution in [0.2, 0.25) is 0 Å². The Bertz CT molecular complexity index is 865. The third kappa shape index (κ3) is 3.65. The van der Waals surface area contributed by atoms with Gasteiger partial charge in [0.1, 0.15) is 11.6 Å². The van der Waals surface area contributed by atoms with Gasteiger partial charge in [-0.2, -0.15) is 0 Å². The molecule has 2 saturated heterocycles. The van der Waals surface area contributed by atoms with Crippen molar-refractivity contribution in [1.82, 2.24) is 9.80 Å². The summed E-state index contributed by atoms with van der Waals surface area (Å²) in [4.78, 5) is 17.0. The predicted octanol–water partition coefficient (Wildman–Crippen LogP) is 3.86. The first-order valence-electron chi connectivity index (χ1n) is 9.88. The number of nitrogens with zero attached hydrogens (tertiary/aromatic N) is 2. The SMILES string of the molecule is COc1ccc(F)c(CN2CCC[C@]3(CCN(C(=O)c4occc4C)C3)C2)c1. The molecule has 0 saturated carbocycles. The summed E-state index contributed by atoms with van der Waals surface area (Å²) >= 11 is 0. The third-order valence-electron chi connectivity index (χ3n) is 6.17. The van der Waals surface area contributed by atoms with Crippen LogP contribution in [0.5, 0.6) is 5.75 Å². The molecule has 1 aromatic heterocycles. The van der Waals surface area contributed by atoms with Crippen molar-refractivity contribution in [3.63, 3.8) is 0 Å². The number of rotatable bonds is 4. The molecule has 1 aromatic carbocycles. The number of aryl methyl sites for hydroxylation is 1. The van der Waals surface area contributed by atoms with Gasteiger partial charge in [0, 0.05) is 42.7 Å². The normalized spacial score (nSPS) is 22.8. The maximum Gasteiger partial charge on any atom is 0.289 e. The van der Waals surface area contributed by atoms with E-state index in [0.29, 0.717) is 23.6 Å². The Labute approximate surface area is 165 Å². The molecule has 0 unspecified atom stereocenters. The van der Waals surface area contributed by atoms with Crippen molar-refractivity contribution in [1.29, 1.82) is 0 Å². The fourth-order valence-corrected chi connectivity index (χ4v) is 4.66. The lowest BCUT2D eigenvalue weighted by Crippen LogP contribution is -2.45. The highest BCUT2D eigenvalue weighted by molar-refractivity contribution is 5.93. The molecule has 0 radical (unpaired) electrons. The van der Waals surface area contributed by atoms with Crippen molar-refractivity contribution in [2.75, 3.05) is 33.3 Å². The second-order valence-electron chi connectivity index (χ2n) is 8.18. The van der Waals surface area contributed by atoms with Crippen molar-refractivity contribution in [2.24, 2.45) is 5.41 Å². The number of furan rings is 1. The molecule has 0 N–H and O–H groups in total. The van der Waals surface area contributed by atoms with Gasteiger partial charge in [-0.3, -0.25) is 9.69 Å². The van der Waals surface area contributed by atoms with Crippen LogP contribution in [0.3, 0.4) is 0 Å². The van der Waals surface area contributed by atoms with Crippen LogP contribution in [0.25, 0.3) is 0 Å². The van der Waals surface area contributed by atoms with E-state index in [9.17, 15) is 9.18 Å². The van der Waals surface area contributed by atoms with Gasteiger partial charge in [0.05, 0.1) is 13.4 Å². The number of hydrogen-bond donors (Lipinski definition) is 0. The largest absolute Gasteiger partial charge is 0.497 e. The number of likely N-dealkylation sites (tertiary alicyclic amines) is 2. The number of carbonyl (C=O) groups is 1. The maximum atomic E-state index is 14.2. The van der Waals surface area contributed by atoms with Crippen LogP contribution in [0, 0.1) is 18.2 Å². The van der Waals surface area contributed by atoms with Crippen LogP contribution in [0.15, 0.2) is 34.9 Å². The Morgan fingerprint density at radius 3 is 2.86 bits per heavy atom. The first-order chi connectivity index (χ1) is 13.5. The van der Waals surface area contributed by atoms with E-state index in [2.05, 4.69) is 4.90 Å². The molecular formula is C22H27FN2O3. The first-order valence-corrected chi connectivity index (χ1v) is 9.88. The number of methoxy groups -OCH3 is 1. The smallest absolute Gasteiger partial charge is 0.289 e. The van der Waals surface area contributed by atoms with E-state index in [1.165, 1.54) is 6.07 Å². The molecule has 2 fully saturated rings. The molecule has 28 heavy (non-hydrogen) atoms. The number of amides is 1. The molecule has 2 aliphatic rings. The second kappa shape index (κ2) is 7.59. The van der Waals surface area contributed by atoms with Gasteiger partial charge in [-0.25, -0.2) is 4.39 Å². The number of benzene rings is 1. The van der Waals surface area contributed by atoms with Gasteiger partial charge in [0.25, 0.3) is 5.91 Å². The van der Waals surface area contributed by atoms with Crippen LogP contribution in [-0.2, 0) is 6.54 Å². The second-order valence-corrected chi connectivity index (χ2v) is 8.18. The highest BCUT2D eigenvalue weighted by Crippen LogP contribution is 2.40. The van der Waals surface area contributed by atoms with Gasteiger partial charge in [-0.1, -0.05) is 0 Å². The van der Waals surface area contributed by atoms with Gasteiger partial charge >= 0.3 is 0 Å². The average Bonchev–Trinajstić information content (AvgIpc) is 3.30. The Hall–Kier alpha value is -2.34. The molecule has 150 valence electrons. The van der Waals surface area contributed by atoms with Gasteiger partial charge < -0.3 is 14.1 Å². The Morgan fingerprint density at radius 1 is 1.25 bits per heavy atom. The fourth-order valence-electron chi connectivity index (χ4n) is 4.66. The van der Waals surface area contributed by atoms with E-state index in [4.69, 9.17) is 9.15 Å². The van der Waals surface area contributed by atoms with E-state index in [1.54, 1.807) is 25.5 Å². The lowest BCUT2D eigenvalue weighted by atomic mass is 9.79. The summed E-state index contributed by atoms with van der Waals surface area (Å²) in [6.45, 7) is 5.78. The zero-order valence-corrected chi connectivity index (χ0v) is 16.5. The van der Waals surface area contributed by atoms with Crippen LogP contribution < -0.4 is 4.74 Å². The molecule has 1 atom stereocenters. The Balaban J connectivity index is 1.44. The van der Waals surface area contributed by atoms with Gasteiger partial charge in [0.2, 0.25) is 0 Å². The molecular weight excluding hydrogens is 359 g/mol. The standard InChI is InChI=1S/C22H27FN2O3/c1-16-6-11-28-20(16)21(26)25-10-8-22(15-25)7-3-9-24(14-22)13-17-12-18(27-2)4-5-19(17)23/h4-6,11-12H,3,7-10,13-15H2,1-2H3/t22-/m0/s1. The van der Waals surface area contributed by atoms with Crippen molar-refractivity contribution >= 4 is 5.91 Å². The molecule has 1 amide bonds. The molecule has 4 rings (SSSR count). The molecule has 0 bridgehead atoms. The monoisotopic (exact) mass is 386 g/mol.